The van der Waals surface area contributed by atoms with E-state index in [0.717, 1.165) is 31.6 Å². The first-order chi connectivity index (χ1) is 6.24. The van der Waals surface area contributed by atoms with E-state index in [4.69, 9.17) is 0 Å². The van der Waals surface area contributed by atoms with Crippen molar-refractivity contribution >= 4 is 11.8 Å². The van der Waals surface area contributed by atoms with Gasteiger partial charge in [0.05, 0.1) is 4.92 Å². The molecular formula is C7H13N3O2S. The Bertz CT molecular complexity index is 220. The fraction of sp³-hybridized carbons (Fsp3) is 0.714. The monoisotopic (exact) mass is 203 g/mol. The van der Waals surface area contributed by atoms with Crippen molar-refractivity contribution in [1.82, 2.24) is 10.2 Å². The highest BCUT2D eigenvalue weighted by Gasteiger charge is 2.18. The lowest BCUT2D eigenvalue weighted by Gasteiger charge is -2.15. The smallest absolute Gasteiger partial charge is 0.274 e. The molecule has 0 saturated carbocycles. The van der Waals surface area contributed by atoms with Crippen LogP contribution in [0.2, 0.25) is 0 Å². The van der Waals surface area contributed by atoms with Crippen LogP contribution in [0.1, 0.15) is 0 Å². The van der Waals surface area contributed by atoms with Crippen molar-refractivity contribution in [2.75, 3.05) is 31.6 Å². The van der Waals surface area contributed by atoms with Gasteiger partial charge in [-0.3, -0.25) is 10.1 Å². The summed E-state index contributed by atoms with van der Waals surface area (Å²) in [5.41, 5.74) is 0. The minimum atomic E-state index is -0.417. The number of rotatable bonds is 4. The van der Waals surface area contributed by atoms with Gasteiger partial charge in [0.2, 0.25) is 0 Å². The van der Waals surface area contributed by atoms with Crippen LogP contribution in [-0.4, -0.2) is 41.5 Å². The quantitative estimate of drug-likeness (QED) is 0.527. The van der Waals surface area contributed by atoms with E-state index < -0.39 is 4.92 Å². The zero-order valence-corrected chi connectivity index (χ0v) is 8.34. The van der Waals surface area contributed by atoms with Gasteiger partial charge in [-0.05, 0) is 6.26 Å². The molecule has 1 aliphatic heterocycles. The van der Waals surface area contributed by atoms with Gasteiger partial charge in [0, 0.05) is 25.4 Å². The number of thioether (sulfide) groups is 1. The normalized spacial score (nSPS) is 19.2. The summed E-state index contributed by atoms with van der Waals surface area (Å²) in [5.74, 6) is 1.63. The third-order valence-corrected chi connectivity index (χ3v) is 2.41. The summed E-state index contributed by atoms with van der Waals surface area (Å²) in [4.78, 5) is 11.8. The van der Waals surface area contributed by atoms with Gasteiger partial charge in [-0.2, -0.15) is 11.8 Å². The first-order valence-electron chi connectivity index (χ1n) is 4.07. The van der Waals surface area contributed by atoms with Gasteiger partial charge in [-0.25, -0.2) is 0 Å². The molecule has 5 nitrogen and oxygen atoms in total. The molecule has 0 radical (unpaired) electrons. The molecule has 0 spiro atoms. The first kappa shape index (κ1) is 10.2. The van der Waals surface area contributed by atoms with Crippen LogP contribution in [0.15, 0.2) is 12.0 Å². The summed E-state index contributed by atoms with van der Waals surface area (Å²) >= 11 is 1.74. The van der Waals surface area contributed by atoms with Crippen molar-refractivity contribution in [3.63, 3.8) is 0 Å². The van der Waals surface area contributed by atoms with Crippen LogP contribution in [0.5, 0.6) is 0 Å². The molecule has 1 heterocycles. The third kappa shape index (κ3) is 3.14. The predicted octanol–water partition coefficient (Wildman–Crippen LogP) is 0.330. The molecule has 1 rings (SSSR count). The Hall–Kier alpha value is -0.910. The Morgan fingerprint density at radius 2 is 2.62 bits per heavy atom. The van der Waals surface area contributed by atoms with E-state index in [1.807, 2.05) is 11.2 Å². The lowest BCUT2D eigenvalue weighted by molar-refractivity contribution is -0.404. The van der Waals surface area contributed by atoms with Gasteiger partial charge in [-0.15, -0.1) is 0 Å². The van der Waals surface area contributed by atoms with Gasteiger partial charge in [0.1, 0.15) is 0 Å². The highest BCUT2D eigenvalue weighted by molar-refractivity contribution is 7.98. The molecule has 0 unspecified atom stereocenters. The molecule has 0 aromatic carbocycles. The van der Waals surface area contributed by atoms with E-state index in [9.17, 15) is 10.1 Å². The SMILES string of the molecule is CSCCN1CCN/C1=C\[N+](=O)[O-]. The van der Waals surface area contributed by atoms with Gasteiger partial charge >= 0.3 is 0 Å². The zero-order valence-electron chi connectivity index (χ0n) is 7.52. The summed E-state index contributed by atoms with van der Waals surface area (Å²) in [6.45, 7) is 2.53. The minimum Gasteiger partial charge on any atom is -0.365 e. The largest absolute Gasteiger partial charge is 0.365 e. The highest BCUT2D eigenvalue weighted by Crippen LogP contribution is 2.07. The predicted molar refractivity (Wildman–Crippen MR) is 53.0 cm³/mol. The average Bonchev–Trinajstić information content (AvgIpc) is 2.48. The van der Waals surface area contributed by atoms with Crippen LogP contribution in [-0.2, 0) is 0 Å². The van der Waals surface area contributed by atoms with Crippen molar-refractivity contribution in [2.45, 2.75) is 0 Å². The van der Waals surface area contributed by atoms with E-state index in [1.54, 1.807) is 11.8 Å². The fourth-order valence-electron chi connectivity index (χ4n) is 1.21. The van der Waals surface area contributed by atoms with Crippen LogP contribution in [0.3, 0.4) is 0 Å². The molecule has 1 aliphatic rings. The lowest BCUT2D eigenvalue weighted by atomic mass is 10.5. The maximum absolute atomic E-state index is 10.2. The van der Waals surface area contributed by atoms with Gasteiger partial charge in [0.15, 0.2) is 5.82 Å². The molecular weight excluding hydrogens is 190 g/mol. The molecule has 1 fully saturated rings. The number of nitro groups is 1. The van der Waals surface area contributed by atoms with Crippen LogP contribution in [0.4, 0.5) is 0 Å². The van der Waals surface area contributed by atoms with Crippen LogP contribution >= 0.6 is 11.8 Å². The molecule has 1 N–H and O–H groups in total. The Kier molecular flexibility index (Phi) is 3.88. The molecule has 1 saturated heterocycles. The van der Waals surface area contributed by atoms with E-state index in [2.05, 4.69) is 5.32 Å². The van der Waals surface area contributed by atoms with E-state index in [1.165, 1.54) is 0 Å². The molecule has 0 aromatic heterocycles. The Morgan fingerprint density at radius 3 is 3.23 bits per heavy atom. The van der Waals surface area contributed by atoms with Crippen LogP contribution < -0.4 is 5.32 Å². The van der Waals surface area contributed by atoms with Gasteiger partial charge in [0.25, 0.3) is 6.20 Å². The summed E-state index contributed by atoms with van der Waals surface area (Å²) in [7, 11) is 0. The molecule has 13 heavy (non-hydrogen) atoms. The second-order valence-corrected chi connectivity index (χ2v) is 3.69. The highest BCUT2D eigenvalue weighted by atomic mass is 32.2. The second-order valence-electron chi connectivity index (χ2n) is 2.71. The Balaban J connectivity index is 2.48. The molecule has 0 amide bonds. The second kappa shape index (κ2) is 4.96. The minimum absolute atomic E-state index is 0.417. The Morgan fingerprint density at radius 1 is 1.85 bits per heavy atom. The van der Waals surface area contributed by atoms with Crippen molar-refractivity contribution in [2.24, 2.45) is 0 Å². The van der Waals surface area contributed by atoms with Gasteiger partial charge < -0.3 is 10.2 Å². The third-order valence-electron chi connectivity index (χ3n) is 1.82. The maximum atomic E-state index is 10.2. The number of nitrogens with zero attached hydrogens (tertiary/aromatic N) is 2. The molecule has 74 valence electrons. The number of nitrogens with one attached hydrogen (secondary N) is 1. The first-order valence-corrected chi connectivity index (χ1v) is 5.46. The van der Waals surface area contributed by atoms with E-state index in [-0.39, 0.29) is 0 Å². The average molecular weight is 203 g/mol. The Labute approximate surface area is 81.3 Å². The summed E-state index contributed by atoms with van der Waals surface area (Å²) in [6, 6.07) is 0. The van der Waals surface area contributed by atoms with E-state index >= 15 is 0 Å². The maximum Gasteiger partial charge on any atom is 0.274 e. The van der Waals surface area contributed by atoms with Crippen molar-refractivity contribution in [3.8, 4) is 0 Å². The van der Waals surface area contributed by atoms with Crippen LogP contribution in [0, 0.1) is 10.1 Å². The van der Waals surface area contributed by atoms with Crippen LogP contribution in [0.25, 0.3) is 0 Å². The number of hydrogen-bond acceptors (Lipinski definition) is 5. The zero-order chi connectivity index (χ0) is 9.68. The molecule has 0 bridgehead atoms. The fourth-order valence-corrected chi connectivity index (χ4v) is 1.62. The topological polar surface area (TPSA) is 58.4 Å². The summed E-state index contributed by atoms with van der Waals surface area (Å²) < 4.78 is 0. The summed E-state index contributed by atoms with van der Waals surface area (Å²) in [6.07, 6.45) is 3.06. The summed E-state index contributed by atoms with van der Waals surface area (Å²) in [5, 5.41) is 13.2. The van der Waals surface area contributed by atoms with E-state index in [0.29, 0.717) is 5.82 Å². The molecule has 6 heteroatoms. The molecule has 0 aromatic rings. The molecule has 0 atom stereocenters. The lowest BCUT2D eigenvalue weighted by Crippen LogP contribution is -2.23. The number of hydrogen-bond donors (Lipinski definition) is 1. The van der Waals surface area contributed by atoms with Gasteiger partial charge in [-0.1, -0.05) is 0 Å². The van der Waals surface area contributed by atoms with Crippen molar-refractivity contribution < 1.29 is 4.92 Å². The standard InChI is InChI=1S/C7H13N3O2S/c1-13-5-4-9-3-2-8-7(9)6-10(11)12/h6,8H,2-5H2,1H3/b7-6+. The van der Waals surface area contributed by atoms with Crippen molar-refractivity contribution in [3.05, 3.63) is 22.1 Å². The van der Waals surface area contributed by atoms with Crippen molar-refractivity contribution in [1.29, 1.82) is 0 Å². The molecule has 0 aliphatic carbocycles.